The van der Waals surface area contributed by atoms with Crippen molar-refractivity contribution in [1.82, 2.24) is 15.6 Å². The second-order valence-corrected chi connectivity index (χ2v) is 8.26. The zero-order valence-corrected chi connectivity index (χ0v) is 18.0. The van der Waals surface area contributed by atoms with Crippen molar-refractivity contribution in [2.75, 3.05) is 6.54 Å². The van der Waals surface area contributed by atoms with Crippen LogP contribution in [0.15, 0.2) is 52.6 Å². The molecule has 0 bridgehead atoms. The molecule has 4 N–H and O–H groups in total. The molecule has 2 heterocycles. The number of hydrogen-bond donors (Lipinski definition) is 4. The number of rotatable bonds is 10. The lowest BCUT2D eigenvalue weighted by atomic mass is 9.74. The molecule has 2 aromatic rings. The highest BCUT2D eigenvalue weighted by Gasteiger charge is 2.48. The monoisotopic (exact) mass is 442 g/mol. The summed E-state index contributed by atoms with van der Waals surface area (Å²) in [7, 11) is -1.71. The van der Waals surface area contributed by atoms with Crippen LogP contribution >= 0.6 is 0 Å². The van der Waals surface area contributed by atoms with Crippen molar-refractivity contribution < 1.29 is 28.9 Å². The van der Waals surface area contributed by atoms with Gasteiger partial charge in [-0.15, -0.1) is 0 Å². The van der Waals surface area contributed by atoms with Crippen LogP contribution in [-0.4, -0.2) is 57.8 Å². The Kier molecular flexibility index (Phi) is 7.65. The predicted molar refractivity (Wildman–Crippen MR) is 116 cm³/mol. The van der Waals surface area contributed by atoms with Crippen LogP contribution in [0.1, 0.15) is 42.7 Å². The van der Waals surface area contributed by atoms with Gasteiger partial charge in [0.1, 0.15) is 6.26 Å². The van der Waals surface area contributed by atoms with Gasteiger partial charge in [0.15, 0.2) is 12.1 Å². The molecule has 2 atom stereocenters. The largest absolute Gasteiger partial charge is 0.475 e. The maximum atomic E-state index is 13.3. The third-order valence-corrected chi connectivity index (χ3v) is 5.11. The average Bonchev–Trinajstić information content (AvgIpc) is 3.43. The van der Waals surface area contributed by atoms with Crippen molar-refractivity contribution >= 4 is 24.6 Å². The number of carbonyl (C=O) groups is 2. The topological polar surface area (TPSA) is 146 Å². The van der Waals surface area contributed by atoms with E-state index in [9.17, 15) is 19.6 Å². The van der Waals surface area contributed by atoms with E-state index in [0.717, 1.165) is 12.0 Å². The average molecular weight is 442 g/mol. The molecule has 1 aromatic carbocycles. The molecule has 32 heavy (non-hydrogen) atoms. The quantitative estimate of drug-likeness (QED) is 0.396. The summed E-state index contributed by atoms with van der Waals surface area (Å²) in [6, 6.07) is 9.32. The summed E-state index contributed by atoms with van der Waals surface area (Å²) in [5.41, 5.74) is 0.0826. The number of hydrogen-bond acceptors (Lipinski definition) is 8. The molecule has 0 spiro atoms. The first kappa shape index (κ1) is 23.5. The first-order valence-corrected chi connectivity index (χ1v) is 10.4. The zero-order chi connectivity index (χ0) is 23.1. The van der Waals surface area contributed by atoms with E-state index in [1.165, 1.54) is 6.26 Å². The lowest BCUT2D eigenvalue weighted by Crippen LogP contribution is -2.56. The van der Waals surface area contributed by atoms with Crippen molar-refractivity contribution in [2.24, 2.45) is 11.1 Å². The van der Waals surface area contributed by atoms with E-state index in [-0.39, 0.29) is 31.0 Å². The standard InChI is InChI=1S/C21H27BN4O6/c1-14(2)8-18(22(29)30)25-20(28)21(9-15-6-4-3-5-7-15)10-16(26-32-21)11-23-19(27)17-12-31-13-24-17/h3-7,12-14,18,29-30H,8-11H2,1-2H3,(H,23,27)(H,25,28). The van der Waals surface area contributed by atoms with Crippen LogP contribution in [0, 0.1) is 5.92 Å². The number of aromatic nitrogens is 1. The highest BCUT2D eigenvalue weighted by Crippen LogP contribution is 2.29. The fraction of sp³-hybridized carbons (Fsp3) is 0.429. The van der Waals surface area contributed by atoms with E-state index in [4.69, 9.17) is 9.25 Å². The Hall–Kier alpha value is -3.18. The fourth-order valence-corrected chi connectivity index (χ4v) is 3.52. The second kappa shape index (κ2) is 10.4. The lowest BCUT2D eigenvalue weighted by Gasteiger charge is -2.29. The van der Waals surface area contributed by atoms with E-state index in [2.05, 4.69) is 20.8 Å². The molecule has 0 radical (unpaired) electrons. The van der Waals surface area contributed by atoms with Crippen LogP contribution < -0.4 is 10.6 Å². The highest BCUT2D eigenvalue weighted by atomic mass is 16.7. The summed E-state index contributed by atoms with van der Waals surface area (Å²) < 4.78 is 4.80. The molecule has 11 heteroatoms. The maximum absolute atomic E-state index is 13.3. The number of oxazole rings is 1. The first-order valence-electron chi connectivity index (χ1n) is 10.4. The van der Waals surface area contributed by atoms with Gasteiger partial charge in [0.2, 0.25) is 5.60 Å². The van der Waals surface area contributed by atoms with Crippen LogP contribution in [0.5, 0.6) is 0 Å². The molecule has 3 rings (SSSR count). The molecule has 0 saturated heterocycles. The molecule has 1 aliphatic rings. The van der Waals surface area contributed by atoms with Crippen molar-refractivity contribution in [3.8, 4) is 0 Å². The van der Waals surface area contributed by atoms with Crippen molar-refractivity contribution in [3.63, 3.8) is 0 Å². The van der Waals surface area contributed by atoms with Crippen LogP contribution in [-0.2, 0) is 16.1 Å². The third kappa shape index (κ3) is 5.95. The van der Waals surface area contributed by atoms with E-state index in [1.54, 1.807) is 0 Å². The zero-order valence-electron chi connectivity index (χ0n) is 18.0. The molecule has 2 unspecified atom stereocenters. The number of amides is 2. The summed E-state index contributed by atoms with van der Waals surface area (Å²) in [5, 5.41) is 28.9. The third-order valence-electron chi connectivity index (χ3n) is 5.11. The molecular weight excluding hydrogens is 415 g/mol. The molecular formula is C21H27BN4O6. The summed E-state index contributed by atoms with van der Waals surface area (Å²) in [5.74, 6) is -1.65. The second-order valence-electron chi connectivity index (χ2n) is 8.26. The SMILES string of the molecule is CC(C)CC(NC(=O)C1(Cc2ccccc2)CC(CNC(=O)c2cocn2)=NO1)B(O)O. The Labute approximate surface area is 186 Å². The van der Waals surface area contributed by atoms with Crippen LogP contribution in [0.25, 0.3) is 0 Å². The van der Waals surface area contributed by atoms with Gasteiger partial charge in [0.05, 0.1) is 18.2 Å². The number of nitrogens with one attached hydrogen (secondary N) is 2. The Morgan fingerprint density at radius 3 is 2.62 bits per heavy atom. The Morgan fingerprint density at radius 1 is 1.25 bits per heavy atom. The van der Waals surface area contributed by atoms with Crippen molar-refractivity contribution in [1.29, 1.82) is 0 Å². The number of benzene rings is 1. The van der Waals surface area contributed by atoms with E-state index < -0.39 is 30.5 Å². The van der Waals surface area contributed by atoms with E-state index >= 15 is 0 Å². The first-order chi connectivity index (χ1) is 15.3. The van der Waals surface area contributed by atoms with Gasteiger partial charge in [-0.2, -0.15) is 0 Å². The molecule has 170 valence electrons. The van der Waals surface area contributed by atoms with Gasteiger partial charge in [-0.25, -0.2) is 4.98 Å². The number of oxime groups is 1. The summed E-state index contributed by atoms with van der Waals surface area (Å²) in [6.45, 7) is 3.91. The van der Waals surface area contributed by atoms with Crippen LogP contribution in [0.3, 0.4) is 0 Å². The van der Waals surface area contributed by atoms with Crippen molar-refractivity contribution in [3.05, 3.63) is 54.2 Å². The van der Waals surface area contributed by atoms with Gasteiger partial charge in [-0.05, 0) is 17.9 Å². The minimum atomic E-state index is -1.71. The highest BCUT2D eigenvalue weighted by molar-refractivity contribution is 6.43. The number of carbonyl (C=O) groups excluding carboxylic acids is 2. The molecule has 1 aliphatic heterocycles. The Bertz CT molecular complexity index is 935. The van der Waals surface area contributed by atoms with E-state index in [1.807, 2.05) is 44.2 Å². The molecule has 0 aliphatic carbocycles. The van der Waals surface area contributed by atoms with Gasteiger partial charge in [-0.3, -0.25) is 9.59 Å². The van der Waals surface area contributed by atoms with Gasteiger partial charge < -0.3 is 29.9 Å². The Balaban J connectivity index is 1.72. The smallest absolute Gasteiger partial charge is 0.451 e. The molecule has 0 saturated carbocycles. The number of nitrogens with zero attached hydrogens (tertiary/aromatic N) is 2. The minimum Gasteiger partial charge on any atom is -0.451 e. The fourth-order valence-electron chi connectivity index (χ4n) is 3.52. The summed E-state index contributed by atoms with van der Waals surface area (Å²) >= 11 is 0. The van der Waals surface area contributed by atoms with Gasteiger partial charge >= 0.3 is 7.12 Å². The van der Waals surface area contributed by atoms with Crippen molar-refractivity contribution in [2.45, 2.75) is 44.7 Å². The summed E-state index contributed by atoms with van der Waals surface area (Å²) in [6.07, 6.45) is 3.11. The molecule has 1 aromatic heterocycles. The normalized spacial score (nSPS) is 18.6. The molecule has 10 nitrogen and oxygen atoms in total. The van der Waals surface area contributed by atoms with Crippen LogP contribution in [0.2, 0.25) is 0 Å². The van der Waals surface area contributed by atoms with E-state index in [0.29, 0.717) is 12.1 Å². The summed E-state index contributed by atoms with van der Waals surface area (Å²) in [4.78, 5) is 34.8. The van der Waals surface area contributed by atoms with Gasteiger partial charge in [0.25, 0.3) is 11.8 Å². The van der Waals surface area contributed by atoms with Gasteiger partial charge in [-0.1, -0.05) is 49.3 Å². The maximum Gasteiger partial charge on any atom is 0.475 e. The molecule has 0 fully saturated rings. The predicted octanol–water partition coefficient (Wildman–Crippen LogP) is 0.705. The van der Waals surface area contributed by atoms with Gasteiger partial charge in [0, 0.05) is 12.8 Å². The lowest BCUT2D eigenvalue weighted by molar-refractivity contribution is -0.144. The Morgan fingerprint density at radius 2 is 2.00 bits per heavy atom. The van der Waals surface area contributed by atoms with Crippen LogP contribution in [0.4, 0.5) is 0 Å². The minimum absolute atomic E-state index is 0.0631. The molecule has 2 amide bonds.